The van der Waals surface area contributed by atoms with Crippen LogP contribution in [0.3, 0.4) is 0 Å². The van der Waals surface area contributed by atoms with Crippen molar-refractivity contribution in [3.05, 3.63) is 35.9 Å². The first-order valence-electron chi connectivity index (χ1n) is 12.6. The van der Waals surface area contributed by atoms with Gasteiger partial charge in [0.25, 0.3) is 0 Å². The molecule has 4 saturated heterocycles. The van der Waals surface area contributed by atoms with Gasteiger partial charge in [0.1, 0.15) is 34.9 Å². The minimum Gasteiger partial charge on any atom is -0.426 e. The summed E-state index contributed by atoms with van der Waals surface area (Å²) in [4.78, 5) is 65.9. The van der Waals surface area contributed by atoms with Crippen molar-refractivity contribution in [2.24, 2.45) is 5.73 Å². The smallest absolute Gasteiger partial charge is 0.333 e. The second-order valence-corrected chi connectivity index (χ2v) is 15.6. The summed E-state index contributed by atoms with van der Waals surface area (Å²) in [6.07, 6.45) is -0.191. The van der Waals surface area contributed by atoms with Crippen molar-refractivity contribution in [3.8, 4) is 0 Å². The molecule has 3 unspecified atom stereocenters. The highest BCUT2D eigenvalue weighted by atomic mass is 32.2. The number of ether oxygens (including phenoxy) is 2. The molecule has 0 radical (unpaired) electrons. The maximum atomic E-state index is 13.0. The van der Waals surface area contributed by atoms with E-state index in [1.54, 1.807) is 44.2 Å². The largest absolute Gasteiger partial charge is 0.426 e. The van der Waals surface area contributed by atoms with Crippen molar-refractivity contribution in [3.63, 3.8) is 0 Å². The van der Waals surface area contributed by atoms with Gasteiger partial charge in [-0.2, -0.15) is 0 Å². The Morgan fingerprint density at radius 2 is 1.65 bits per heavy atom. The van der Waals surface area contributed by atoms with E-state index in [1.807, 2.05) is 0 Å². The minimum atomic E-state index is -3.80. The molecule has 4 heterocycles. The number of hydrogen-bond donors (Lipinski definition) is 2. The van der Waals surface area contributed by atoms with Crippen LogP contribution in [0.5, 0.6) is 0 Å². The van der Waals surface area contributed by atoms with Gasteiger partial charge in [0.2, 0.25) is 24.5 Å². The van der Waals surface area contributed by atoms with Gasteiger partial charge in [-0.15, -0.1) is 11.8 Å². The quantitative estimate of drug-likeness (QED) is 0.234. The SMILES string of the molecule is CC1(C)SC2[C@@H](NC(=O)C(N)c3ccccc3)C(=O)N2[C@@H]1C(=O)OCOC(=O)[C@@H]1N2C(=O)CC2S(=O)(=O)C1(C)C. The van der Waals surface area contributed by atoms with Gasteiger partial charge in [-0.1, -0.05) is 30.3 Å². The van der Waals surface area contributed by atoms with Crippen molar-refractivity contribution in [1.82, 2.24) is 15.1 Å². The van der Waals surface area contributed by atoms with Gasteiger partial charge in [0, 0.05) is 4.75 Å². The number of thioether (sulfide) groups is 1. The van der Waals surface area contributed by atoms with Crippen LogP contribution < -0.4 is 11.1 Å². The zero-order valence-electron chi connectivity index (χ0n) is 22.2. The molecule has 1 aromatic rings. The maximum Gasteiger partial charge on any atom is 0.333 e. The molecule has 0 aliphatic carbocycles. The van der Waals surface area contributed by atoms with E-state index in [-0.39, 0.29) is 6.42 Å². The number of β-lactam (4-membered cyclic amide) rings is 2. The zero-order valence-corrected chi connectivity index (χ0v) is 23.9. The van der Waals surface area contributed by atoms with Crippen molar-refractivity contribution in [2.75, 3.05) is 6.79 Å². The molecule has 0 bridgehead atoms. The Labute approximate surface area is 235 Å². The lowest BCUT2D eigenvalue weighted by molar-refractivity contribution is -0.181. The van der Waals surface area contributed by atoms with Crippen LogP contribution in [0.25, 0.3) is 0 Å². The van der Waals surface area contributed by atoms with Gasteiger partial charge in [0.05, 0.1) is 11.2 Å². The molecule has 0 spiro atoms. The highest BCUT2D eigenvalue weighted by Crippen LogP contribution is 2.51. The number of carbonyl (C=O) groups is 5. The molecular weight excluding hydrogens is 564 g/mol. The number of rotatable bonds is 7. The maximum absolute atomic E-state index is 13.0. The van der Waals surface area contributed by atoms with Crippen LogP contribution in [-0.4, -0.2) is 93.0 Å². The van der Waals surface area contributed by atoms with Crippen LogP contribution in [0, 0.1) is 0 Å². The molecule has 15 heteroatoms. The third-order valence-corrected chi connectivity index (χ3v) is 12.4. The summed E-state index contributed by atoms with van der Waals surface area (Å²) < 4.78 is 33.3. The van der Waals surface area contributed by atoms with Crippen molar-refractivity contribution < 1.29 is 41.9 Å². The van der Waals surface area contributed by atoms with Gasteiger partial charge >= 0.3 is 11.9 Å². The summed E-state index contributed by atoms with van der Waals surface area (Å²) in [6.45, 7) is 5.37. The molecule has 3 amide bonds. The van der Waals surface area contributed by atoms with E-state index < -0.39 is 90.7 Å². The minimum absolute atomic E-state index is 0.191. The summed E-state index contributed by atoms with van der Waals surface area (Å²) in [5.41, 5.74) is 6.64. The van der Waals surface area contributed by atoms with Crippen LogP contribution in [0.1, 0.15) is 45.7 Å². The predicted octanol–water partition coefficient (Wildman–Crippen LogP) is -0.589. The fraction of sp³-hybridized carbons (Fsp3) is 0.560. The number of nitrogens with zero attached hydrogens (tertiary/aromatic N) is 2. The molecule has 6 atom stereocenters. The highest BCUT2D eigenvalue weighted by molar-refractivity contribution is 8.01. The summed E-state index contributed by atoms with van der Waals surface area (Å²) in [5.74, 6) is -3.32. The van der Waals surface area contributed by atoms with Gasteiger partial charge < -0.3 is 30.3 Å². The predicted molar refractivity (Wildman–Crippen MR) is 140 cm³/mol. The van der Waals surface area contributed by atoms with Crippen molar-refractivity contribution in [1.29, 1.82) is 0 Å². The molecule has 0 aromatic heterocycles. The first kappa shape index (κ1) is 28.4. The van der Waals surface area contributed by atoms with Crippen LogP contribution >= 0.6 is 11.8 Å². The van der Waals surface area contributed by atoms with E-state index in [0.29, 0.717) is 5.56 Å². The molecule has 3 N–H and O–H groups in total. The topological polar surface area (TPSA) is 182 Å². The number of sulfone groups is 1. The standard InChI is InChI=1S/C25H30N4O9S2/c1-24(2)17(29-20(32)16(21(29)39-24)27-19(31)15(26)12-8-6-5-7-9-12)22(33)37-11-38-23(34)18-25(3,4)40(35,36)14-10-13(30)28(14)18/h5-9,14-18,21H,10-11,26H2,1-4H3,(H,27,31)/t14?,15?,16-,17+,18-,21?/m0/s1. The Bertz CT molecular complexity index is 1400. The van der Waals surface area contributed by atoms with Crippen LogP contribution in [-0.2, 0) is 43.3 Å². The van der Waals surface area contributed by atoms with Gasteiger partial charge in [-0.25, -0.2) is 18.0 Å². The molecular formula is C25H30N4O9S2. The molecule has 13 nitrogen and oxygen atoms in total. The Hall–Kier alpha value is -3.17. The number of carbonyl (C=O) groups excluding carboxylic acids is 5. The van der Waals surface area contributed by atoms with Crippen LogP contribution in [0.15, 0.2) is 30.3 Å². The third-order valence-electron chi connectivity index (χ3n) is 8.00. The lowest BCUT2D eigenvalue weighted by Gasteiger charge is -2.44. The summed E-state index contributed by atoms with van der Waals surface area (Å²) in [5, 5.41) is 1.07. The highest BCUT2D eigenvalue weighted by Gasteiger charge is 2.68. The van der Waals surface area contributed by atoms with Gasteiger partial charge in [-0.05, 0) is 33.3 Å². The first-order chi connectivity index (χ1) is 18.6. The number of nitrogens with two attached hydrogens (primary N) is 1. The monoisotopic (exact) mass is 594 g/mol. The zero-order chi connectivity index (χ0) is 29.4. The lowest BCUT2D eigenvalue weighted by atomic mass is 9.95. The Kier molecular flexibility index (Phi) is 6.70. The van der Waals surface area contributed by atoms with Crippen molar-refractivity contribution >= 4 is 51.3 Å². The summed E-state index contributed by atoms with van der Waals surface area (Å²) in [7, 11) is -3.80. The van der Waals surface area contributed by atoms with Crippen molar-refractivity contribution in [2.45, 2.75) is 78.5 Å². The van der Waals surface area contributed by atoms with E-state index in [0.717, 1.165) is 4.90 Å². The summed E-state index contributed by atoms with van der Waals surface area (Å²) >= 11 is 1.31. The number of amides is 3. The first-order valence-corrected chi connectivity index (χ1v) is 15.0. The number of hydrogen-bond acceptors (Lipinski definition) is 11. The molecule has 216 valence electrons. The molecule has 1 aromatic carbocycles. The number of esters is 2. The molecule has 5 rings (SSSR count). The molecule has 4 fully saturated rings. The number of nitrogens with one attached hydrogen (secondary N) is 1. The Balaban J connectivity index is 1.19. The molecule has 0 saturated carbocycles. The normalized spacial score (nSPS) is 31.3. The second-order valence-electron chi connectivity index (χ2n) is 11.2. The van der Waals surface area contributed by atoms with E-state index in [2.05, 4.69) is 5.32 Å². The third kappa shape index (κ3) is 4.08. The van der Waals surface area contributed by atoms with E-state index in [4.69, 9.17) is 15.2 Å². The van der Waals surface area contributed by atoms with Gasteiger partial charge in [0.15, 0.2) is 9.84 Å². The Morgan fingerprint density at radius 3 is 2.25 bits per heavy atom. The fourth-order valence-corrected chi connectivity index (χ4v) is 9.44. The van der Waals surface area contributed by atoms with E-state index >= 15 is 0 Å². The van der Waals surface area contributed by atoms with Gasteiger partial charge in [-0.3, -0.25) is 14.4 Å². The number of fused-ring (bicyclic) bond motifs is 2. The van der Waals surface area contributed by atoms with Crippen LogP contribution in [0.2, 0.25) is 0 Å². The molecule has 40 heavy (non-hydrogen) atoms. The van der Waals surface area contributed by atoms with E-state index in [9.17, 15) is 32.4 Å². The molecule has 4 aliphatic rings. The fourth-order valence-electron chi connectivity index (χ4n) is 5.69. The van der Waals surface area contributed by atoms with Crippen LogP contribution in [0.4, 0.5) is 0 Å². The lowest BCUT2D eigenvalue weighted by Crippen LogP contribution is -2.71. The Morgan fingerprint density at radius 1 is 1.05 bits per heavy atom. The van der Waals surface area contributed by atoms with E-state index in [1.165, 1.54) is 30.5 Å². The average Bonchev–Trinajstić information content (AvgIpc) is 3.22. The summed E-state index contributed by atoms with van der Waals surface area (Å²) in [6, 6.07) is 4.45. The second kappa shape index (κ2) is 9.45. The average molecular weight is 595 g/mol. The number of benzene rings is 1. The molecule has 4 aliphatic heterocycles.